The lowest BCUT2D eigenvalue weighted by molar-refractivity contribution is -0.133. The highest BCUT2D eigenvalue weighted by atomic mass is 32.2. The van der Waals surface area contributed by atoms with E-state index >= 15 is 0 Å². The molecule has 0 radical (unpaired) electrons. The topological polar surface area (TPSA) is 60.4 Å². The molecule has 0 saturated heterocycles. The molecule has 2 rings (SSSR count). The fourth-order valence-electron chi connectivity index (χ4n) is 2.29. The third kappa shape index (κ3) is 3.87. The van der Waals surface area contributed by atoms with Gasteiger partial charge in [-0.05, 0) is 35.8 Å². The van der Waals surface area contributed by atoms with E-state index < -0.39 is 15.8 Å². The van der Waals surface area contributed by atoms with Crippen LogP contribution in [0.5, 0.6) is 0 Å². The molecule has 0 saturated carbocycles. The van der Waals surface area contributed by atoms with Crippen LogP contribution in [0.25, 0.3) is 11.1 Å². The standard InChI is InChI=1S/C18H18O4S/c1-13(14-9-11-16(12-10-14)23(3,20)21)17(18(19)22-2)15-7-5-4-6-8-15/h4-12H,1-3H3/b17-13+. The number of carbonyl (C=O) groups excluding carboxylic acids is 1. The number of hydrogen-bond acceptors (Lipinski definition) is 4. The van der Waals surface area contributed by atoms with Crippen molar-refractivity contribution in [1.82, 2.24) is 0 Å². The quantitative estimate of drug-likeness (QED) is 0.491. The van der Waals surface area contributed by atoms with E-state index in [1.807, 2.05) is 37.3 Å². The first-order valence-electron chi connectivity index (χ1n) is 6.99. The molecule has 0 amide bonds. The summed E-state index contributed by atoms with van der Waals surface area (Å²) in [5.41, 5.74) is 2.70. The van der Waals surface area contributed by atoms with Gasteiger partial charge in [0.2, 0.25) is 0 Å². The summed E-state index contributed by atoms with van der Waals surface area (Å²) >= 11 is 0. The van der Waals surface area contributed by atoms with Gasteiger partial charge in [-0.25, -0.2) is 13.2 Å². The second kappa shape index (κ2) is 6.79. The fourth-order valence-corrected chi connectivity index (χ4v) is 2.92. The Morgan fingerprint density at radius 3 is 1.96 bits per heavy atom. The summed E-state index contributed by atoms with van der Waals surface area (Å²) in [4.78, 5) is 12.4. The lowest BCUT2D eigenvalue weighted by Crippen LogP contribution is -2.06. The maximum atomic E-state index is 12.2. The summed E-state index contributed by atoms with van der Waals surface area (Å²) < 4.78 is 28.0. The first-order chi connectivity index (χ1) is 10.8. The Morgan fingerprint density at radius 1 is 0.913 bits per heavy atom. The maximum absolute atomic E-state index is 12.2. The van der Waals surface area contributed by atoms with Crippen LogP contribution in [-0.4, -0.2) is 27.8 Å². The molecular formula is C18H18O4S. The summed E-state index contributed by atoms with van der Waals surface area (Å²) in [6.45, 7) is 1.81. The molecule has 0 aliphatic heterocycles. The molecule has 0 unspecified atom stereocenters. The van der Waals surface area contributed by atoms with Gasteiger partial charge in [0.15, 0.2) is 9.84 Å². The van der Waals surface area contributed by atoms with E-state index in [2.05, 4.69) is 0 Å². The molecule has 2 aromatic carbocycles. The van der Waals surface area contributed by atoms with E-state index in [4.69, 9.17) is 4.74 Å². The summed E-state index contributed by atoms with van der Waals surface area (Å²) in [6, 6.07) is 15.7. The molecule has 0 aromatic heterocycles. The van der Waals surface area contributed by atoms with Crippen LogP contribution in [0.2, 0.25) is 0 Å². The number of hydrogen-bond donors (Lipinski definition) is 0. The largest absolute Gasteiger partial charge is 0.465 e. The third-order valence-corrected chi connectivity index (χ3v) is 4.67. The number of benzene rings is 2. The molecule has 4 nitrogen and oxygen atoms in total. The molecule has 23 heavy (non-hydrogen) atoms. The third-order valence-electron chi connectivity index (χ3n) is 3.54. The summed E-state index contributed by atoms with van der Waals surface area (Å²) in [6.07, 6.45) is 1.16. The van der Waals surface area contributed by atoms with E-state index in [0.717, 1.165) is 23.0 Å². The Hall–Kier alpha value is -2.40. The summed E-state index contributed by atoms with van der Waals surface area (Å²) in [5.74, 6) is -0.430. The second-order valence-corrected chi connectivity index (χ2v) is 7.17. The second-order valence-electron chi connectivity index (χ2n) is 5.15. The predicted octanol–water partition coefficient (Wildman–Crippen LogP) is 3.19. The number of esters is 1. The van der Waals surface area contributed by atoms with Gasteiger partial charge < -0.3 is 4.74 Å². The van der Waals surface area contributed by atoms with Crippen LogP contribution in [0, 0.1) is 0 Å². The zero-order chi connectivity index (χ0) is 17.0. The highest BCUT2D eigenvalue weighted by Gasteiger charge is 2.17. The molecule has 0 spiro atoms. The van der Waals surface area contributed by atoms with Crippen molar-refractivity contribution < 1.29 is 17.9 Å². The first kappa shape index (κ1) is 17.0. The van der Waals surface area contributed by atoms with Crippen molar-refractivity contribution in [2.24, 2.45) is 0 Å². The number of ether oxygens (including phenoxy) is 1. The first-order valence-corrected chi connectivity index (χ1v) is 8.89. The summed E-state index contributed by atoms with van der Waals surface area (Å²) in [5, 5.41) is 0. The average Bonchev–Trinajstić information content (AvgIpc) is 2.55. The SMILES string of the molecule is COC(=O)/C(=C(\C)c1ccc(S(C)(=O)=O)cc1)c1ccccc1. The number of rotatable bonds is 4. The van der Waals surface area contributed by atoms with Crippen LogP contribution in [0.3, 0.4) is 0 Å². The zero-order valence-corrected chi connectivity index (χ0v) is 14.1. The maximum Gasteiger partial charge on any atom is 0.338 e. The highest BCUT2D eigenvalue weighted by Crippen LogP contribution is 2.27. The van der Waals surface area contributed by atoms with Crippen molar-refractivity contribution >= 4 is 27.0 Å². The molecule has 0 fully saturated rings. The van der Waals surface area contributed by atoms with Crippen LogP contribution >= 0.6 is 0 Å². The van der Waals surface area contributed by atoms with Gasteiger partial charge in [0.05, 0.1) is 17.6 Å². The van der Waals surface area contributed by atoms with Crippen LogP contribution in [0.1, 0.15) is 18.1 Å². The van der Waals surface area contributed by atoms with Gasteiger partial charge in [0.25, 0.3) is 0 Å². The van der Waals surface area contributed by atoms with Crippen LogP contribution < -0.4 is 0 Å². The Bertz CT molecular complexity index is 832. The van der Waals surface area contributed by atoms with Gasteiger partial charge in [-0.2, -0.15) is 0 Å². The van der Waals surface area contributed by atoms with Gasteiger partial charge in [0, 0.05) is 6.26 Å². The normalized spacial score (nSPS) is 12.5. The lowest BCUT2D eigenvalue weighted by Gasteiger charge is -2.11. The van der Waals surface area contributed by atoms with E-state index in [1.165, 1.54) is 19.2 Å². The van der Waals surface area contributed by atoms with Gasteiger partial charge in [-0.15, -0.1) is 0 Å². The van der Waals surface area contributed by atoms with E-state index in [-0.39, 0.29) is 4.90 Å². The average molecular weight is 330 g/mol. The minimum atomic E-state index is -3.25. The van der Waals surface area contributed by atoms with Crippen LogP contribution in [0.15, 0.2) is 59.5 Å². The van der Waals surface area contributed by atoms with Crippen molar-refractivity contribution in [3.05, 3.63) is 65.7 Å². The lowest BCUT2D eigenvalue weighted by atomic mass is 9.96. The van der Waals surface area contributed by atoms with Crippen molar-refractivity contribution in [2.75, 3.05) is 13.4 Å². The predicted molar refractivity (Wildman–Crippen MR) is 90.5 cm³/mol. The van der Waals surface area contributed by atoms with E-state index in [9.17, 15) is 13.2 Å². The minimum absolute atomic E-state index is 0.244. The molecule has 0 atom stereocenters. The number of carbonyl (C=O) groups is 1. The van der Waals surface area contributed by atoms with Gasteiger partial charge in [-0.1, -0.05) is 42.5 Å². The fraction of sp³-hybridized carbons (Fsp3) is 0.167. The molecular weight excluding hydrogens is 312 g/mol. The molecule has 5 heteroatoms. The van der Waals surface area contributed by atoms with Gasteiger partial charge in [-0.3, -0.25) is 0 Å². The van der Waals surface area contributed by atoms with E-state index in [0.29, 0.717) is 5.57 Å². The number of allylic oxidation sites excluding steroid dienone is 1. The zero-order valence-electron chi connectivity index (χ0n) is 13.2. The number of methoxy groups -OCH3 is 1. The Labute approximate surface area is 136 Å². The molecule has 0 heterocycles. The number of sulfone groups is 1. The smallest absolute Gasteiger partial charge is 0.338 e. The molecule has 0 bridgehead atoms. The Morgan fingerprint density at radius 2 is 1.48 bits per heavy atom. The minimum Gasteiger partial charge on any atom is -0.465 e. The highest BCUT2D eigenvalue weighted by molar-refractivity contribution is 7.90. The molecule has 120 valence electrons. The van der Waals surface area contributed by atoms with Crippen molar-refractivity contribution in [3.63, 3.8) is 0 Å². The van der Waals surface area contributed by atoms with Crippen molar-refractivity contribution in [1.29, 1.82) is 0 Å². The van der Waals surface area contributed by atoms with E-state index in [1.54, 1.807) is 12.1 Å². The Balaban J connectivity index is 2.57. The summed E-state index contributed by atoms with van der Waals surface area (Å²) in [7, 11) is -1.91. The van der Waals surface area contributed by atoms with Crippen LogP contribution in [0.4, 0.5) is 0 Å². The molecule has 0 N–H and O–H groups in total. The van der Waals surface area contributed by atoms with Crippen molar-refractivity contribution in [3.8, 4) is 0 Å². The molecule has 2 aromatic rings. The van der Waals surface area contributed by atoms with Crippen molar-refractivity contribution in [2.45, 2.75) is 11.8 Å². The van der Waals surface area contributed by atoms with Gasteiger partial charge in [0.1, 0.15) is 0 Å². The Kier molecular flexibility index (Phi) is 5.01. The molecule has 0 aliphatic rings. The monoisotopic (exact) mass is 330 g/mol. The molecule has 0 aliphatic carbocycles. The van der Waals surface area contributed by atoms with Crippen LogP contribution in [-0.2, 0) is 19.4 Å². The van der Waals surface area contributed by atoms with Gasteiger partial charge >= 0.3 is 5.97 Å².